The SMILES string of the molecule is CCOC(=O)/C=C/[C@H](Cc1ccccc1)N(Cc1ccccc1)C(=O)/C=C/C(C)=N/O. The molecular weight excluding hydrogens is 392 g/mol. The van der Waals surface area contributed by atoms with Crippen LogP contribution in [0.3, 0.4) is 0 Å². The molecule has 0 spiro atoms. The molecular formula is C25H28N2O4. The Morgan fingerprint density at radius 3 is 2.19 bits per heavy atom. The van der Waals surface area contributed by atoms with Gasteiger partial charge in [0, 0.05) is 18.7 Å². The number of ether oxygens (including phenoxy) is 1. The van der Waals surface area contributed by atoms with E-state index in [0.717, 1.165) is 11.1 Å². The highest BCUT2D eigenvalue weighted by Gasteiger charge is 2.21. The zero-order valence-corrected chi connectivity index (χ0v) is 17.8. The van der Waals surface area contributed by atoms with E-state index in [2.05, 4.69) is 5.16 Å². The first-order chi connectivity index (χ1) is 15.0. The van der Waals surface area contributed by atoms with E-state index in [1.54, 1.807) is 24.8 Å². The van der Waals surface area contributed by atoms with E-state index >= 15 is 0 Å². The van der Waals surface area contributed by atoms with Crippen molar-refractivity contribution in [2.45, 2.75) is 32.9 Å². The van der Waals surface area contributed by atoms with Gasteiger partial charge in [-0.15, -0.1) is 0 Å². The molecule has 31 heavy (non-hydrogen) atoms. The number of rotatable bonds is 10. The lowest BCUT2D eigenvalue weighted by Crippen LogP contribution is -2.39. The molecule has 0 aliphatic heterocycles. The summed E-state index contributed by atoms with van der Waals surface area (Å²) in [7, 11) is 0. The van der Waals surface area contributed by atoms with Crippen LogP contribution < -0.4 is 0 Å². The van der Waals surface area contributed by atoms with Crippen molar-refractivity contribution < 1.29 is 19.5 Å². The number of carbonyl (C=O) groups excluding carboxylic acids is 2. The molecule has 0 saturated heterocycles. The summed E-state index contributed by atoms with van der Waals surface area (Å²) < 4.78 is 5.01. The minimum atomic E-state index is -0.452. The van der Waals surface area contributed by atoms with E-state index < -0.39 is 12.0 Å². The van der Waals surface area contributed by atoms with Crippen LogP contribution in [0.2, 0.25) is 0 Å². The Hall–Kier alpha value is -3.67. The maximum absolute atomic E-state index is 13.1. The zero-order chi connectivity index (χ0) is 22.5. The third kappa shape index (κ3) is 8.30. The molecule has 2 aromatic carbocycles. The minimum absolute atomic E-state index is 0.263. The molecule has 0 aromatic heterocycles. The van der Waals surface area contributed by atoms with Gasteiger partial charge in [0.2, 0.25) is 5.91 Å². The largest absolute Gasteiger partial charge is 0.463 e. The second kappa shape index (κ2) is 12.8. The van der Waals surface area contributed by atoms with Crippen molar-refractivity contribution in [1.82, 2.24) is 4.90 Å². The summed E-state index contributed by atoms with van der Waals surface area (Å²) in [5.41, 5.74) is 2.30. The standard InChI is InChI=1S/C25H28N2O4/c1-3-31-25(29)17-15-23(18-21-10-6-4-7-11-21)27(19-22-12-8-5-9-13-22)24(28)16-14-20(2)26-30/h4-17,23,30H,3,18-19H2,1-2H3/b16-14+,17-15+,26-20+/t23-/m1/s1. The number of hydrogen-bond acceptors (Lipinski definition) is 5. The molecule has 0 saturated carbocycles. The number of benzene rings is 2. The summed E-state index contributed by atoms with van der Waals surface area (Å²) in [6.07, 6.45) is 6.42. The molecule has 0 radical (unpaired) electrons. The van der Waals surface area contributed by atoms with Crippen LogP contribution in [0.25, 0.3) is 0 Å². The van der Waals surface area contributed by atoms with Crippen molar-refractivity contribution in [3.8, 4) is 0 Å². The first-order valence-electron chi connectivity index (χ1n) is 10.1. The number of hydrogen-bond donors (Lipinski definition) is 1. The van der Waals surface area contributed by atoms with Crippen molar-refractivity contribution in [2.24, 2.45) is 5.16 Å². The smallest absolute Gasteiger partial charge is 0.330 e. The van der Waals surface area contributed by atoms with Crippen LogP contribution in [0.1, 0.15) is 25.0 Å². The lowest BCUT2D eigenvalue weighted by Gasteiger charge is -2.29. The molecule has 2 rings (SSSR count). The van der Waals surface area contributed by atoms with E-state index in [4.69, 9.17) is 9.94 Å². The van der Waals surface area contributed by atoms with Gasteiger partial charge in [-0.1, -0.05) is 71.9 Å². The van der Waals surface area contributed by atoms with Crippen LogP contribution in [0, 0.1) is 0 Å². The van der Waals surface area contributed by atoms with E-state index in [-0.39, 0.29) is 12.5 Å². The molecule has 162 valence electrons. The van der Waals surface area contributed by atoms with Crippen LogP contribution in [0.15, 0.2) is 90.1 Å². The summed E-state index contributed by atoms with van der Waals surface area (Å²) >= 11 is 0. The molecule has 0 aliphatic carbocycles. The minimum Gasteiger partial charge on any atom is -0.463 e. The summed E-state index contributed by atoms with van der Waals surface area (Å²) in [6, 6.07) is 19.0. The van der Waals surface area contributed by atoms with Gasteiger partial charge in [-0.25, -0.2) is 4.79 Å². The fraction of sp³-hybridized carbons (Fsp3) is 0.240. The van der Waals surface area contributed by atoms with Crippen LogP contribution >= 0.6 is 0 Å². The fourth-order valence-corrected chi connectivity index (χ4v) is 2.98. The lowest BCUT2D eigenvalue weighted by molar-refractivity contribution is -0.137. The van der Waals surface area contributed by atoms with Gasteiger partial charge in [-0.05, 0) is 37.5 Å². The normalized spacial score (nSPS) is 12.8. The molecule has 6 nitrogen and oxygen atoms in total. The summed E-state index contributed by atoms with van der Waals surface area (Å²) in [4.78, 5) is 26.7. The highest BCUT2D eigenvalue weighted by Crippen LogP contribution is 2.16. The molecule has 1 atom stereocenters. The average molecular weight is 421 g/mol. The van der Waals surface area contributed by atoms with Gasteiger partial charge >= 0.3 is 5.97 Å². The molecule has 1 amide bonds. The van der Waals surface area contributed by atoms with Gasteiger partial charge in [0.25, 0.3) is 0 Å². The second-order valence-corrected chi connectivity index (χ2v) is 6.89. The second-order valence-electron chi connectivity index (χ2n) is 6.89. The Morgan fingerprint density at radius 2 is 1.61 bits per heavy atom. The predicted octanol–water partition coefficient (Wildman–Crippen LogP) is 4.15. The Morgan fingerprint density at radius 1 is 1.00 bits per heavy atom. The Bertz CT molecular complexity index is 921. The zero-order valence-electron chi connectivity index (χ0n) is 17.8. The average Bonchev–Trinajstić information content (AvgIpc) is 2.80. The van der Waals surface area contributed by atoms with Gasteiger partial charge in [0.05, 0.1) is 18.4 Å². The number of carbonyl (C=O) groups is 2. The number of esters is 1. The number of oxime groups is 1. The van der Waals surface area contributed by atoms with Crippen molar-refractivity contribution >= 4 is 17.6 Å². The summed E-state index contributed by atoms with van der Waals surface area (Å²) in [5.74, 6) is -0.715. The first-order valence-corrected chi connectivity index (χ1v) is 10.1. The van der Waals surface area contributed by atoms with Gasteiger partial charge in [0.1, 0.15) is 0 Å². The van der Waals surface area contributed by atoms with Gasteiger partial charge in [-0.3, -0.25) is 4.79 Å². The molecule has 6 heteroatoms. The molecule has 0 aliphatic rings. The monoisotopic (exact) mass is 420 g/mol. The number of amides is 1. The predicted molar refractivity (Wildman–Crippen MR) is 121 cm³/mol. The Labute approximate surface area is 183 Å². The number of nitrogens with zero attached hydrogens (tertiary/aromatic N) is 2. The molecule has 0 unspecified atom stereocenters. The van der Waals surface area contributed by atoms with Crippen molar-refractivity contribution in [1.29, 1.82) is 0 Å². The highest BCUT2D eigenvalue weighted by atomic mass is 16.5. The Kier molecular flexibility index (Phi) is 9.75. The van der Waals surface area contributed by atoms with Crippen LogP contribution in [0.5, 0.6) is 0 Å². The van der Waals surface area contributed by atoms with Gasteiger partial charge < -0.3 is 14.8 Å². The van der Waals surface area contributed by atoms with E-state index in [1.807, 2.05) is 60.7 Å². The van der Waals surface area contributed by atoms with Crippen LogP contribution in [-0.4, -0.2) is 40.3 Å². The van der Waals surface area contributed by atoms with Gasteiger partial charge in [-0.2, -0.15) is 0 Å². The van der Waals surface area contributed by atoms with E-state index in [9.17, 15) is 9.59 Å². The van der Waals surface area contributed by atoms with Gasteiger partial charge in [0.15, 0.2) is 0 Å². The summed E-state index contributed by atoms with van der Waals surface area (Å²) in [6.45, 7) is 3.97. The van der Waals surface area contributed by atoms with E-state index in [1.165, 1.54) is 18.2 Å². The third-order valence-corrected chi connectivity index (χ3v) is 4.53. The topological polar surface area (TPSA) is 79.2 Å². The van der Waals surface area contributed by atoms with Crippen LogP contribution in [-0.2, 0) is 27.3 Å². The quantitative estimate of drug-likeness (QED) is 0.206. The maximum atomic E-state index is 13.1. The number of allylic oxidation sites excluding steroid dienone is 1. The van der Waals surface area contributed by atoms with E-state index in [0.29, 0.717) is 18.7 Å². The molecule has 0 bridgehead atoms. The molecule has 2 aromatic rings. The van der Waals surface area contributed by atoms with Crippen molar-refractivity contribution in [3.05, 3.63) is 96.1 Å². The van der Waals surface area contributed by atoms with Crippen LogP contribution in [0.4, 0.5) is 0 Å². The highest BCUT2D eigenvalue weighted by molar-refractivity contribution is 5.99. The molecule has 0 fully saturated rings. The lowest BCUT2D eigenvalue weighted by atomic mass is 10.0. The molecule has 1 N–H and O–H groups in total. The third-order valence-electron chi connectivity index (χ3n) is 4.53. The summed E-state index contributed by atoms with van der Waals surface area (Å²) in [5, 5.41) is 12.0. The fourth-order valence-electron chi connectivity index (χ4n) is 2.98. The van der Waals surface area contributed by atoms with Crippen molar-refractivity contribution in [3.63, 3.8) is 0 Å². The van der Waals surface area contributed by atoms with Crippen molar-refractivity contribution in [2.75, 3.05) is 6.61 Å². The Balaban J connectivity index is 2.39. The first kappa shape index (κ1) is 23.6. The maximum Gasteiger partial charge on any atom is 0.330 e. The molecule has 0 heterocycles.